The quantitative estimate of drug-likeness (QED) is 0.906. The highest BCUT2D eigenvalue weighted by Gasteiger charge is 2.18. The Labute approximate surface area is 127 Å². The van der Waals surface area contributed by atoms with Gasteiger partial charge in [-0.2, -0.15) is 0 Å². The summed E-state index contributed by atoms with van der Waals surface area (Å²) in [6, 6.07) is 8.87. The molecule has 1 aromatic carbocycles. The summed E-state index contributed by atoms with van der Waals surface area (Å²) in [5.41, 5.74) is 7.15. The molecule has 0 aromatic heterocycles. The Bertz CT molecular complexity index is 416. The van der Waals surface area contributed by atoms with Gasteiger partial charge in [0.05, 0.1) is 0 Å². The van der Waals surface area contributed by atoms with Gasteiger partial charge in [-0.25, -0.2) is 0 Å². The first-order valence-electron chi connectivity index (χ1n) is 7.50. The predicted molar refractivity (Wildman–Crippen MR) is 86.1 cm³/mol. The molecule has 1 aliphatic heterocycles. The van der Waals surface area contributed by atoms with Gasteiger partial charge in [-0.15, -0.1) is 0 Å². The minimum Gasteiger partial charge on any atom is -0.328 e. The molecule has 3 nitrogen and oxygen atoms in total. The molecule has 1 aliphatic rings. The van der Waals surface area contributed by atoms with Gasteiger partial charge in [0.25, 0.3) is 0 Å². The average molecular weight is 296 g/mol. The zero-order valence-electron chi connectivity index (χ0n) is 12.6. The number of benzene rings is 1. The van der Waals surface area contributed by atoms with Crippen molar-refractivity contribution in [3.63, 3.8) is 0 Å². The Morgan fingerprint density at radius 2 is 2.00 bits per heavy atom. The molecule has 0 bridgehead atoms. The van der Waals surface area contributed by atoms with Crippen molar-refractivity contribution < 1.29 is 0 Å². The number of piperidine rings is 1. The van der Waals surface area contributed by atoms with Crippen LogP contribution in [0.25, 0.3) is 0 Å². The Kier molecular flexibility index (Phi) is 5.85. The number of rotatable bonds is 5. The number of hydrogen-bond donors (Lipinski definition) is 1. The monoisotopic (exact) mass is 295 g/mol. The van der Waals surface area contributed by atoms with Crippen LogP contribution in [0, 0.1) is 0 Å². The number of hydrogen-bond acceptors (Lipinski definition) is 3. The van der Waals surface area contributed by atoms with Gasteiger partial charge in [0, 0.05) is 30.2 Å². The molecule has 0 aliphatic carbocycles. The van der Waals surface area contributed by atoms with Crippen LogP contribution < -0.4 is 5.73 Å². The van der Waals surface area contributed by atoms with E-state index in [-0.39, 0.29) is 0 Å². The molecule has 1 saturated heterocycles. The highest BCUT2D eigenvalue weighted by molar-refractivity contribution is 6.31. The molecule has 0 saturated carbocycles. The van der Waals surface area contributed by atoms with Gasteiger partial charge >= 0.3 is 0 Å². The van der Waals surface area contributed by atoms with Crippen molar-refractivity contribution in [2.24, 2.45) is 5.73 Å². The largest absolute Gasteiger partial charge is 0.328 e. The molecule has 112 valence electrons. The lowest BCUT2D eigenvalue weighted by molar-refractivity contribution is 0.169. The Hall–Kier alpha value is -0.610. The summed E-state index contributed by atoms with van der Waals surface area (Å²) in [7, 11) is 2.17. The summed E-state index contributed by atoms with van der Waals surface area (Å²) in [6.45, 7) is 6.65. The first-order valence-corrected chi connectivity index (χ1v) is 7.88. The maximum Gasteiger partial charge on any atom is 0.0453 e. The van der Waals surface area contributed by atoms with E-state index in [0.717, 1.165) is 44.0 Å². The number of nitrogens with zero attached hydrogens (tertiary/aromatic N) is 2. The molecule has 0 amide bonds. The fourth-order valence-corrected chi connectivity index (χ4v) is 3.01. The first-order chi connectivity index (χ1) is 9.58. The molecule has 1 unspecified atom stereocenters. The lowest BCUT2D eigenvalue weighted by atomic mass is 10.1. The second-order valence-electron chi connectivity index (χ2n) is 5.86. The van der Waals surface area contributed by atoms with E-state index in [9.17, 15) is 0 Å². The fourth-order valence-electron chi connectivity index (χ4n) is 2.72. The number of likely N-dealkylation sites (N-methyl/N-ethyl adjacent to an activating group) is 1. The van der Waals surface area contributed by atoms with Gasteiger partial charge in [0.15, 0.2) is 0 Å². The van der Waals surface area contributed by atoms with E-state index in [0.29, 0.717) is 12.1 Å². The van der Waals surface area contributed by atoms with Crippen molar-refractivity contribution in [1.82, 2.24) is 9.80 Å². The zero-order chi connectivity index (χ0) is 14.5. The SMILES string of the molecule is CC(c1ccccc1Cl)N(C)CCN1CCC(N)CC1. The third kappa shape index (κ3) is 4.19. The van der Waals surface area contributed by atoms with Crippen LogP contribution in [0.2, 0.25) is 5.02 Å². The van der Waals surface area contributed by atoms with Gasteiger partial charge in [0.1, 0.15) is 0 Å². The highest BCUT2D eigenvalue weighted by Crippen LogP contribution is 2.26. The maximum atomic E-state index is 6.28. The summed E-state index contributed by atoms with van der Waals surface area (Å²) in [4.78, 5) is 4.88. The van der Waals surface area contributed by atoms with Gasteiger partial charge in [-0.05, 0) is 51.5 Å². The van der Waals surface area contributed by atoms with E-state index in [1.807, 2.05) is 12.1 Å². The van der Waals surface area contributed by atoms with Crippen LogP contribution in [0.5, 0.6) is 0 Å². The van der Waals surface area contributed by atoms with Crippen molar-refractivity contribution >= 4 is 11.6 Å². The molecule has 20 heavy (non-hydrogen) atoms. The van der Waals surface area contributed by atoms with Crippen LogP contribution in [0.15, 0.2) is 24.3 Å². The van der Waals surface area contributed by atoms with Crippen molar-refractivity contribution in [1.29, 1.82) is 0 Å². The summed E-state index contributed by atoms with van der Waals surface area (Å²) in [5.74, 6) is 0. The molecule has 1 fully saturated rings. The lowest BCUT2D eigenvalue weighted by Crippen LogP contribution is -2.42. The Balaban J connectivity index is 1.82. The van der Waals surface area contributed by atoms with E-state index < -0.39 is 0 Å². The van der Waals surface area contributed by atoms with E-state index in [1.165, 1.54) is 5.56 Å². The Morgan fingerprint density at radius 1 is 1.35 bits per heavy atom. The van der Waals surface area contributed by atoms with Crippen LogP contribution in [0.1, 0.15) is 31.4 Å². The van der Waals surface area contributed by atoms with E-state index >= 15 is 0 Å². The molecule has 2 rings (SSSR count). The van der Waals surface area contributed by atoms with Crippen LogP contribution in [0.4, 0.5) is 0 Å². The smallest absolute Gasteiger partial charge is 0.0453 e. The predicted octanol–water partition coefficient (Wildman–Crippen LogP) is 2.76. The van der Waals surface area contributed by atoms with Gasteiger partial charge < -0.3 is 10.6 Å². The molecule has 1 atom stereocenters. The highest BCUT2D eigenvalue weighted by atomic mass is 35.5. The zero-order valence-corrected chi connectivity index (χ0v) is 13.3. The normalized spacial score (nSPS) is 19.4. The number of likely N-dealkylation sites (tertiary alicyclic amines) is 1. The second-order valence-corrected chi connectivity index (χ2v) is 6.26. The van der Waals surface area contributed by atoms with Gasteiger partial charge in [-0.1, -0.05) is 29.8 Å². The molecule has 0 spiro atoms. The number of nitrogens with two attached hydrogens (primary N) is 1. The van der Waals surface area contributed by atoms with Gasteiger partial charge in [0.2, 0.25) is 0 Å². The third-order valence-corrected chi connectivity index (χ3v) is 4.76. The van der Waals surface area contributed by atoms with Crippen molar-refractivity contribution in [3.8, 4) is 0 Å². The summed E-state index contributed by atoms with van der Waals surface area (Å²) < 4.78 is 0. The van der Waals surface area contributed by atoms with Crippen molar-refractivity contribution in [2.75, 3.05) is 33.2 Å². The van der Waals surface area contributed by atoms with Gasteiger partial charge in [-0.3, -0.25) is 4.90 Å². The average Bonchev–Trinajstić information content (AvgIpc) is 2.46. The Morgan fingerprint density at radius 3 is 2.65 bits per heavy atom. The molecule has 4 heteroatoms. The number of halogens is 1. The van der Waals surface area contributed by atoms with Crippen LogP contribution in [-0.2, 0) is 0 Å². The minimum atomic E-state index is 0.343. The molecular weight excluding hydrogens is 270 g/mol. The van der Waals surface area contributed by atoms with Crippen LogP contribution >= 0.6 is 11.6 Å². The maximum absolute atomic E-state index is 6.28. The summed E-state index contributed by atoms with van der Waals surface area (Å²) in [5, 5.41) is 0.857. The van der Waals surface area contributed by atoms with Crippen molar-refractivity contribution in [3.05, 3.63) is 34.9 Å². The van der Waals surface area contributed by atoms with E-state index in [1.54, 1.807) is 0 Å². The molecule has 1 aromatic rings. The topological polar surface area (TPSA) is 32.5 Å². The van der Waals surface area contributed by atoms with Crippen molar-refractivity contribution in [2.45, 2.75) is 31.8 Å². The third-order valence-electron chi connectivity index (χ3n) is 4.42. The van der Waals surface area contributed by atoms with Crippen LogP contribution in [-0.4, -0.2) is 49.1 Å². The molecule has 2 N–H and O–H groups in total. The molecule has 0 radical (unpaired) electrons. The van der Waals surface area contributed by atoms with Crippen LogP contribution in [0.3, 0.4) is 0 Å². The molecular formula is C16H26ClN3. The summed E-state index contributed by atoms with van der Waals surface area (Å²) in [6.07, 6.45) is 2.26. The van der Waals surface area contributed by atoms with E-state index in [2.05, 4.69) is 35.9 Å². The summed E-state index contributed by atoms with van der Waals surface area (Å²) >= 11 is 6.28. The minimum absolute atomic E-state index is 0.343. The lowest BCUT2D eigenvalue weighted by Gasteiger charge is -2.33. The standard InChI is InChI=1S/C16H26ClN3/c1-13(15-5-3-4-6-16(15)17)19(2)11-12-20-9-7-14(18)8-10-20/h3-6,13-14H,7-12,18H2,1-2H3. The molecule has 1 heterocycles. The second kappa shape index (κ2) is 7.41. The first kappa shape index (κ1) is 15.8. The van der Waals surface area contributed by atoms with E-state index in [4.69, 9.17) is 17.3 Å². The fraction of sp³-hybridized carbons (Fsp3) is 0.625.